The number of hydrogen-bond acceptors (Lipinski definition) is 9. The SMILES string of the molecule is O=[N+]([O-])C1=NN([N+](=O)[O-])CC1([N+](=O)[O-])[N+](=O)[O-]. The molecule has 0 spiro atoms. The molecule has 0 saturated carbocycles. The van der Waals surface area contributed by atoms with Crippen LogP contribution in [0.2, 0.25) is 0 Å². The molecule has 14 nitrogen and oxygen atoms in total. The number of rotatable bonds is 3. The number of hydrazone groups is 1. The summed E-state index contributed by atoms with van der Waals surface area (Å²) < 4.78 is 0. The van der Waals surface area contributed by atoms with Crippen LogP contribution in [0, 0.1) is 40.5 Å². The van der Waals surface area contributed by atoms with Gasteiger partial charge in [0.05, 0.1) is 5.03 Å². The van der Waals surface area contributed by atoms with Gasteiger partial charge in [0.15, 0.2) is 0 Å². The highest BCUT2D eigenvalue weighted by molar-refractivity contribution is 5.82. The van der Waals surface area contributed by atoms with Crippen LogP contribution in [-0.2, 0) is 0 Å². The molecule has 0 aromatic heterocycles. The van der Waals surface area contributed by atoms with Crippen LogP contribution < -0.4 is 0 Å². The number of nitro groups is 4. The highest BCUT2D eigenvalue weighted by Gasteiger charge is 2.77. The maximum Gasteiger partial charge on any atom is 0.590 e. The first-order valence-corrected chi connectivity index (χ1v) is 3.67. The van der Waals surface area contributed by atoms with Gasteiger partial charge < -0.3 is 20.2 Å². The van der Waals surface area contributed by atoms with Crippen LogP contribution >= 0.6 is 0 Å². The summed E-state index contributed by atoms with van der Waals surface area (Å²) in [6.07, 6.45) is 0. The molecule has 0 N–H and O–H groups in total. The number of amidine groups is 1. The zero-order chi connectivity index (χ0) is 13.4. The molecular weight excluding hydrogens is 248 g/mol. The summed E-state index contributed by atoms with van der Waals surface area (Å²) in [4.78, 5) is 37.2. The average molecular weight is 250 g/mol. The molecule has 1 rings (SSSR count). The van der Waals surface area contributed by atoms with E-state index in [-0.39, 0.29) is 5.12 Å². The monoisotopic (exact) mass is 250 g/mol. The normalized spacial score (nSPS) is 17.4. The summed E-state index contributed by atoms with van der Waals surface area (Å²) in [5.41, 5.74) is -3.43. The van der Waals surface area contributed by atoms with Crippen LogP contribution in [0.1, 0.15) is 0 Å². The number of hydrogen-bond donors (Lipinski definition) is 0. The Hall–Kier alpha value is -2.93. The molecule has 0 aromatic carbocycles. The van der Waals surface area contributed by atoms with Gasteiger partial charge in [-0.3, -0.25) is 20.2 Å². The van der Waals surface area contributed by atoms with Crippen molar-refractivity contribution in [3.05, 3.63) is 40.5 Å². The van der Waals surface area contributed by atoms with E-state index in [4.69, 9.17) is 0 Å². The van der Waals surface area contributed by atoms with Gasteiger partial charge in [0.2, 0.25) is 0 Å². The zero-order valence-corrected chi connectivity index (χ0v) is 7.66. The van der Waals surface area contributed by atoms with E-state index in [0.717, 1.165) is 0 Å². The minimum atomic E-state index is -3.43. The second-order valence-electron chi connectivity index (χ2n) is 2.78. The summed E-state index contributed by atoms with van der Waals surface area (Å²) in [5, 5.41) is 42.8. The largest absolute Gasteiger partial charge is 0.590 e. The quantitative estimate of drug-likeness (QED) is 0.320. The van der Waals surface area contributed by atoms with E-state index in [1.165, 1.54) is 0 Å². The van der Waals surface area contributed by atoms with E-state index < -0.39 is 37.8 Å². The van der Waals surface area contributed by atoms with Crippen LogP contribution in [0.15, 0.2) is 5.10 Å². The van der Waals surface area contributed by atoms with E-state index >= 15 is 0 Å². The van der Waals surface area contributed by atoms with E-state index in [9.17, 15) is 40.5 Å². The Kier molecular flexibility index (Phi) is 2.56. The molecule has 0 saturated heterocycles. The third-order valence-electron chi connectivity index (χ3n) is 1.90. The molecule has 1 aliphatic heterocycles. The predicted octanol–water partition coefficient (Wildman–Crippen LogP) is -1.67. The third-order valence-corrected chi connectivity index (χ3v) is 1.90. The molecule has 0 aromatic rings. The molecule has 1 heterocycles. The fourth-order valence-corrected chi connectivity index (χ4v) is 1.12. The van der Waals surface area contributed by atoms with Gasteiger partial charge in [0, 0.05) is 5.12 Å². The van der Waals surface area contributed by atoms with E-state index in [0.29, 0.717) is 0 Å². The maximum absolute atomic E-state index is 10.6. The molecule has 0 atom stereocenters. The highest BCUT2D eigenvalue weighted by atomic mass is 16.7. The summed E-state index contributed by atoms with van der Waals surface area (Å²) in [6, 6.07) is 0. The molecule has 0 unspecified atom stereocenters. The summed E-state index contributed by atoms with van der Waals surface area (Å²) in [6.45, 7) is -1.45. The Morgan fingerprint density at radius 1 is 1.06 bits per heavy atom. The van der Waals surface area contributed by atoms with Gasteiger partial charge in [0.25, 0.3) is 6.54 Å². The van der Waals surface area contributed by atoms with Crippen LogP contribution in [-0.4, -0.2) is 43.0 Å². The van der Waals surface area contributed by atoms with E-state index in [1.54, 1.807) is 0 Å². The van der Waals surface area contributed by atoms with Crippen LogP contribution in [0.3, 0.4) is 0 Å². The third kappa shape index (κ3) is 1.56. The van der Waals surface area contributed by atoms with Crippen molar-refractivity contribution in [3.8, 4) is 0 Å². The van der Waals surface area contributed by atoms with Crippen molar-refractivity contribution in [3.63, 3.8) is 0 Å². The molecule has 17 heavy (non-hydrogen) atoms. The van der Waals surface area contributed by atoms with Gasteiger partial charge in [-0.2, -0.15) is 0 Å². The molecule has 14 heteroatoms. The summed E-state index contributed by atoms with van der Waals surface area (Å²) in [7, 11) is 0. The Labute approximate surface area is 89.7 Å². The first-order chi connectivity index (χ1) is 7.73. The second-order valence-corrected chi connectivity index (χ2v) is 2.78. The first-order valence-electron chi connectivity index (χ1n) is 3.67. The maximum atomic E-state index is 10.6. The van der Waals surface area contributed by atoms with Crippen molar-refractivity contribution in [1.29, 1.82) is 0 Å². The van der Waals surface area contributed by atoms with Gasteiger partial charge in [-0.05, 0) is 4.92 Å². The van der Waals surface area contributed by atoms with E-state index in [2.05, 4.69) is 5.10 Å². The lowest BCUT2D eigenvalue weighted by Crippen LogP contribution is -2.57. The van der Waals surface area contributed by atoms with Crippen molar-refractivity contribution < 1.29 is 19.8 Å². The minimum absolute atomic E-state index is 0.316. The van der Waals surface area contributed by atoms with Crippen LogP contribution in [0.5, 0.6) is 0 Å². The number of hydrazine groups is 1. The standard InChI is InChI=1S/C3H2N6O8/c10-6(11)2-3(7(12)13,8(14)15)1-5(4-2)9(16)17/h1H2. The lowest BCUT2D eigenvalue weighted by Gasteiger charge is -2.08. The fraction of sp³-hybridized carbons (Fsp3) is 0.667. The predicted molar refractivity (Wildman–Crippen MR) is 44.8 cm³/mol. The topological polar surface area (TPSA) is 188 Å². The Morgan fingerprint density at radius 2 is 1.53 bits per heavy atom. The van der Waals surface area contributed by atoms with Gasteiger partial charge >= 0.3 is 11.5 Å². The molecule has 1 aliphatic rings. The zero-order valence-electron chi connectivity index (χ0n) is 7.66. The molecule has 92 valence electrons. The lowest BCUT2D eigenvalue weighted by molar-refractivity contribution is -0.788. The molecule has 0 fully saturated rings. The highest BCUT2D eigenvalue weighted by Crippen LogP contribution is 2.23. The van der Waals surface area contributed by atoms with Crippen molar-refractivity contribution in [2.75, 3.05) is 6.54 Å². The van der Waals surface area contributed by atoms with E-state index in [1.807, 2.05) is 0 Å². The van der Waals surface area contributed by atoms with Crippen molar-refractivity contribution in [2.24, 2.45) is 5.10 Å². The molecular formula is C3H2N6O8. The van der Waals surface area contributed by atoms with Crippen molar-refractivity contribution in [1.82, 2.24) is 5.12 Å². The Morgan fingerprint density at radius 3 is 1.76 bits per heavy atom. The van der Waals surface area contributed by atoms with Crippen molar-refractivity contribution >= 4 is 5.84 Å². The van der Waals surface area contributed by atoms with Crippen LogP contribution in [0.4, 0.5) is 0 Å². The van der Waals surface area contributed by atoms with Gasteiger partial charge in [-0.1, -0.05) is 0 Å². The van der Waals surface area contributed by atoms with Gasteiger partial charge in [0.1, 0.15) is 14.9 Å². The average Bonchev–Trinajstić information content (AvgIpc) is 2.58. The summed E-state index contributed by atoms with van der Waals surface area (Å²) in [5.74, 6) is -1.70. The molecule has 0 amide bonds. The lowest BCUT2D eigenvalue weighted by atomic mass is 10.2. The fourth-order valence-electron chi connectivity index (χ4n) is 1.12. The van der Waals surface area contributed by atoms with Gasteiger partial charge in [-0.25, -0.2) is 0 Å². The Balaban J connectivity index is 3.38. The Bertz CT molecular complexity index is 440. The second kappa shape index (κ2) is 3.58. The number of nitrogens with zero attached hydrogens (tertiary/aromatic N) is 6. The molecule has 0 radical (unpaired) electrons. The first kappa shape index (κ1) is 12.1. The van der Waals surface area contributed by atoms with Gasteiger partial charge in [-0.15, -0.1) is 0 Å². The van der Waals surface area contributed by atoms with Crippen LogP contribution in [0.25, 0.3) is 0 Å². The summed E-state index contributed by atoms with van der Waals surface area (Å²) >= 11 is 0. The minimum Gasteiger partial charge on any atom is -0.358 e. The smallest absolute Gasteiger partial charge is 0.358 e. The molecule has 0 aliphatic carbocycles. The molecule has 0 bridgehead atoms. The van der Waals surface area contributed by atoms with Crippen molar-refractivity contribution in [2.45, 2.75) is 5.66 Å².